The monoisotopic (exact) mass is 397 g/mol. The van der Waals surface area contributed by atoms with E-state index in [1.807, 2.05) is 0 Å². The molecule has 6 atom stereocenters. The summed E-state index contributed by atoms with van der Waals surface area (Å²) in [7, 11) is -6.28. The Morgan fingerprint density at radius 1 is 1.27 bits per heavy atom. The van der Waals surface area contributed by atoms with E-state index in [-0.39, 0.29) is 0 Å². The first-order valence-electron chi connectivity index (χ1n) is 8.10. The molecular weight excluding hydrogens is 382 g/mol. The van der Waals surface area contributed by atoms with Gasteiger partial charge in [-0.2, -0.15) is 8.78 Å². The largest absolute Gasteiger partial charge is 0.743 e. The fourth-order valence-corrected chi connectivity index (χ4v) is 4.97. The van der Waals surface area contributed by atoms with Gasteiger partial charge in [-0.15, -0.1) is 0 Å². The van der Waals surface area contributed by atoms with Crippen molar-refractivity contribution in [2.75, 3.05) is 0 Å². The smallest absolute Gasteiger partial charge is 0.428 e. The lowest BCUT2D eigenvalue weighted by atomic mass is 9.69. The highest BCUT2D eigenvalue weighted by Gasteiger charge is 2.73. The third-order valence-corrected chi connectivity index (χ3v) is 6.58. The molecule has 0 aromatic heterocycles. The molecule has 0 spiro atoms. The van der Waals surface area contributed by atoms with E-state index < -0.39 is 69.2 Å². The number of hydrogen-bond donors (Lipinski definition) is 1. The second-order valence-corrected chi connectivity index (χ2v) is 8.59. The molecule has 3 saturated heterocycles. The molecule has 6 unspecified atom stereocenters. The van der Waals surface area contributed by atoms with Crippen LogP contribution >= 0.6 is 0 Å². The van der Waals surface area contributed by atoms with Crippen molar-refractivity contribution in [3.63, 3.8) is 0 Å². The molecule has 4 aliphatic rings. The Hall–Kier alpha value is -1.37. The van der Waals surface area contributed by atoms with Crippen LogP contribution in [0, 0.1) is 11.8 Å². The van der Waals surface area contributed by atoms with Gasteiger partial charge in [0.25, 0.3) is 0 Å². The Kier molecular flexibility index (Phi) is 3.70. The van der Waals surface area contributed by atoms with Gasteiger partial charge in [-0.1, -0.05) is 12.8 Å². The van der Waals surface area contributed by atoms with Crippen LogP contribution in [0.4, 0.5) is 8.78 Å². The number of esters is 2. The molecule has 3 heterocycles. The van der Waals surface area contributed by atoms with E-state index in [1.54, 1.807) is 0 Å². The van der Waals surface area contributed by atoms with Crippen LogP contribution in [0.2, 0.25) is 0 Å². The fourth-order valence-electron chi connectivity index (χ4n) is 4.71. The normalized spacial score (nSPS) is 40.7. The number of carbonyl (C=O) groups excluding carboxylic acids is 2. The lowest BCUT2D eigenvalue weighted by Crippen LogP contribution is -2.54. The highest BCUT2D eigenvalue weighted by Crippen LogP contribution is 2.57. The van der Waals surface area contributed by atoms with Crippen molar-refractivity contribution in [2.24, 2.45) is 11.8 Å². The van der Waals surface area contributed by atoms with Gasteiger partial charge in [0.15, 0.2) is 22.3 Å². The molecule has 146 valence electrons. The predicted molar refractivity (Wildman–Crippen MR) is 73.5 cm³/mol. The summed E-state index contributed by atoms with van der Waals surface area (Å²) in [6.07, 6.45) is -2.53. The molecule has 1 aliphatic carbocycles. The van der Waals surface area contributed by atoms with Gasteiger partial charge in [-0.05, 0) is 12.8 Å². The topological polar surface area (TPSA) is 139 Å². The quantitative estimate of drug-likeness (QED) is 0.481. The summed E-state index contributed by atoms with van der Waals surface area (Å²) in [6, 6.07) is 0. The zero-order chi connectivity index (χ0) is 19.1. The van der Waals surface area contributed by atoms with Crippen molar-refractivity contribution in [1.29, 1.82) is 0 Å². The van der Waals surface area contributed by atoms with Gasteiger partial charge in [0.1, 0.15) is 12.2 Å². The fraction of sp³-hybridized carbons (Fsp3) is 0.857. The van der Waals surface area contributed by atoms with Gasteiger partial charge < -0.3 is 23.9 Å². The Morgan fingerprint density at radius 3 is 2.46 bits per heavy atom. The second-order valence-electron chi connectivity index (χ2n) is 7.17. The molecule has 4 rings (SSSR count). The highest BCUT2D eigenvalue weighted by molar-refractivity contribution is 7.87. The maximum atomic E-state index is 13.4. The zero-order valence-corrected chi connectivity index (χ0v) is 14.0. The maximum absolute atomic E-state index is 13.4. The number of hydrogen-bond acceptors (Lipinski definition) is 9. The van der Waals surface area contributed by atoms with E-state index in [1.165, 1.54) is 0 Å². The number of carbonyl (C=O) groups is 2. The molecule has 26 heavy (non-hydrogen) atoms. The van der Waals surface area contributed by atoms with Crippen molar-refractivity contribution in [2.45, 2.75) is 61.0 Å². The minimum atomic E-state index is -6.28. The van der Waals surface area contributed by atoms with Crippen molar-refractivity contribution in [3.8, 4) is 0 Å². The lowest BCUT2D eigenvalue weighted by Gasteiger charge is -2.38. The molecule has 4 fully saturated rings. The van der Waals surface area contributed by atoms with E-state index >= 15 is 0 Å². The Morgan fingerprint density at radius 2 is 1.88 bits per heavy atom. The summed E-state index contributed by atoms with van der Waals surface area (Å²) in [5.41, 5.74) is -1.30. The van der Waals surface area contributed by atoms with E-state index in [0.29, 0.717) is 25.7 Å². The first-order chi connectivity index (χ1) is 12.0. The Bertz CT molecular complexity index is 760. The molecule has 0 aromatic carbocycles. The molecule has 0 amide bonds. The summed E-state index contributed by atoms with van der Waals surface area (Å²) in [5.74, 6) is -4.86. The van der Waals surface area contributed by atoms with Crippen LogP contribution in [0.25, 0.3) is 0 Å². The van der Waals surface area contributed by atoms with Gasteiger partial charge in [0.05, 0.1) is 11.5 Å². The first kappa shape index (κ1) is 18.0. The average Bonchev–Trinajstić information content (AvgIpc) is 3.23. The standard InChI is InChI=1S/C14H16F2O9S/c15-14(16,26(20,21)22)12(18)25-10-8-6(13(19)3-1-2-4-13)5-7(23-8)9(10)24-11(5)17/h5-10,19H,1-4H2,(H,20,21,22)/p-1. The summed E-state index contributed by atoms with van der Waals surface area (Å²) in [4.78, 5) is 23.7. The van der Waals surface area contributed by atoms with Gasteiger partial charge in [0.2, 0.25) is 0 Å². The summed E-state index contributed by atoms with van der Waals surface area (Å²) >= 11 is 0. The van der Waals surface area contributed by atoms with Gasteiger partial charge in [0, 0.05) is 5.92 Å². The highest BCUT2D eigenvalue weighted by atomic mass is 32.2. The van der Waals surface area contributed by atoms with Crippen molar-refractivity contribution in [3.05, 3.63) is 0 Å². The third-order valence-electron chi connectivity index (χ3n) is 5.79. The average molecular weight is 397 g/mol. The van der Waals surface area contributed by atoms with Crippen LogP contribution in [0.1, 0.15) is 25.7 Å². The predicted octanol–water partition coefficient (Wildman–Crippen LogP) is -0.720. The Labute approximate surface area is 146 Å². The van der Waals surface area contributed by atoms with Crippen molar-refractivity contribution < 1.29 is 50.7 Å². The molecule has 12 heteroatoms. The van der Waals surface area contributed by atoms with E-state index in [2.05, 4.69) is 4.74 Å². The van der Waals surface area contributed by atoms with Crippen LogP contribution < -0.4 is 0 Å². The van der Waals surface area contributed by atoms with Crippen LogP contribution in [0.15, 0.2) is 0 Å². The molecule has 0 radical (unpaired) electrons. The number of aliphatic hydroxyl groups is 1. The number of fused-ring (bicyclic) bond motifs is 1. The molecule has 1 saturated carbocycles. The van der Waals surface area contributed by atoms with Crippen molar-refractivity contribution in [1.82, 2.24) is 0 Å². The maximum Gasteiger partial charge on any atom is 0.428 e. The Balaban J connectivity index is 1.63. The van der Waals surface area contributed by atoms with E-state index in [0.717, 1.165) is 0 Å². The molecular formula is C14H15F2O9S-. The second kappa shape index (κ2) is 5.33. The zero-order valence-electron chi connectivity index (χ0n) is 13.2. The third kappa shape index (κ3) is 2.25. The van der Waals surface area contributed by atoms with Crippen LogP contribution in [0.3, 0.4) is 0 Å². The summed E-state index contributed by atoms with van der Waals surface area (Å²) in [6.45, 7) is 0. The molecule has 0 aromatic rings. The number of ether oxygens (including phenoxy) is 3. The SMILES string of the molecule is O=C1OC2C(OC(=O)C(F)(F)S(=O)(=O)[O-])C3OC2C1C3C1(O)CCCC1. The van der Waals surface area contributed by atoms with Gasteiger partial charge in [-0.25, -0.2) is 13.2 Å². The number of halogens is 2. The summed E-state index contributed by atoms with van der Waals surface area (Å²) < 4.78 is 73.9. The van der Waals surface area contributed by atoms with Crippen LogP contribution in [-0.4, -0.2) is 65.3 Å². The van der Waals surface area contributed by atoms with E-state index in [4.69, 9.17) is 9.47 Å². The molecule has 3 aliphatic heterocycles. The molecule has 9 nitrogen and oxygen atoms in total. The molecule has 2 bridgehead atoms. The minimum Gasteiger partial charge on any atom is -0.743 e. The van der Waals surface area contributed by atoms with Crippen molar-refractivity contribution >= 4 is 22.1 Å². The number of rotatable bonds is 4. The number of alkyl halides is 2. The first-order valence-corrected chi connectivity index (χ1v) is 9.51. The summed E-state index contributed by atoms with van der Waals surface area (Å²) in [5, 5.41) is 5.59. The van der Waals surface area contributed by atoms with Gasteiger partial charge >= 0.3 is 17.2 Å². The lowest BCUT2D eigenvalue weighted by molar-refractivity contribution is -0.178. The minimum absolute atomic E-state index is 0.366. The van der Waals surface area contributed by atoms with Crippen LogP contribution in [-0.2, 0) is 33.9 Å². The van der Waals surface area contributed by atoms with Crippen LogP contribution in [0.5, 0.6) is 0 Å². The van der Waals surface area contributed by atoms with Gasteiger partial charge in [-0.3, -0.25) is 4.79 Å². The van der Waals surface area contributed by atoms with E-state index in [9.17, 15) is 36.4 Å². The molecule has 1 N–H and O–H groups in total.